The van der Waals surface area contributed by atoms with Gasteiger partial charge in [-0.05, 0) is 36.5 Å². The van der Waals surface area contributed by atoms with Gasteiger partial charge in [0, 0.05) is 5.41 Å². The van der Waals surface area contributed by atoms with Gasteiger partial charge in [0.25, 0.3) is 0 Å². The van der Waals surface area contributed by atoms with Crippen LogP contribution < -0.4 is 0 Å². The number of esters is 1. The van der Waals surface area contributed by atoms with E-state index in [0.717, 1.165) is 31.1 Å². The molecule has 24 heavy (non-hydrogen) atoms. The number of hydrogen-bond acceptors (Lipinski definition) is 4. The Morgan fingerprint density at radius 2 is 1.96 bits per heavy atom. The van der Waals surface area contributed by atoms with Crippen molar-refractivity contribution in [1.29, 1.82) is 0 Å². The molecular formula is C18H21ClO4S. The van der Waals surface area contributed by atoms with Crippen LogP contribution in [-0.4, -0.2) is 21.5 Å². The van der Waals surface area contributed by atoms with Gasteiger partial charge in [-0.25, -0.2) is 13.2 Å². The van der Waals surface area contributed by atoms with Crippen LogP contribution in [0, 0.1) is 5.92 Å². The highest BCUT2D eigenvalue weighted by Crippen LogP contribution is 2.31. The van der Waals surface area contributed by atoms with Crippen LogP contribution in [0.2, 0.25) is 5.02 Å². The fourth-order valence-corrected chi connectivity index (χ4v) is 4.19. The lowest BCUT2D eigenvalue weighted by Crippen LogP contribution is -2.09. The third kappa shape index (κ3) is 4.28. The van der Waals surface area contributed by atoms with Gasteiger partial charge in [-0.1, -0.05) is 49.6 Å². The smallest absolute Gasteiger partial charge is 0.338 e. The predicted octanol–water partition coefficient (Wildman–Crippen LogP) is 4.39. The van der Waals surface area contributed by atoms with Crippen LogP contribution in [0.5, 0.6) is 0 Å². The van der Waals surface area contributed by atoms with Crippen molar-refractivity contribution in [2.75, 3.05) is 7.11 Å². The molecule has 1 aromatic carbocycles. The number of sulfone groups is 1. The van der Waals surface area contributed by atoms with Gasteiger partial charge in [0.1, 0.15) is 0 Å². The van der Waals surface area contributed by atoms with Gasteiger partial charge < -0.3 is 4.74 Å². The zero-order valence-corrected chi connectivity index (χ0v) is 15.2. The van der Waals surface area contributed by atoms with E-state index in [1.807, 2.05) is 6.08 Å². The van der Waals surface area contributed by atoms with Gasteiger partial charge in [-0.15, -0.1) is 0 Å². The van der Waals surface area contributed by atoms with Crippen molar-refractivity contribution in [2.24, 2.45) is 5.92 Å². The number of carbonyl (C=O) groups is 1. The minimum absolute atomic E-state index is 0.0233. The van der Waals surface area contributed by atoms with E-state index >= 15 is 0 Å². The van der Waals surface area contributed by atoms with Crippen LogP contribution in [0.25, 0.3) is 5.57 Å². The van der Waals surface area contributed by atoms with Gasteiger partial charge in [-0.3, -0.25) is 0 Å². The van der Waals surface area contributed by atoms with E-state index in [-0.39, 0.29) is 9.92 Å². The maximum absolute atomic E-state index is 12.2. The second-order valence-corrected chi connectivity index (χ2v) is 8.10. The lowest BCUT2D eigenvalue weighted by molar-refractivity contribution is -0.133. The molecule has 1 fully saturated rings. The number of allylic oxidation sites excluding steroid dienone is 1. The first-order chi connectivity index (χ1) is 11.4. The van der Waals surface area contributed by atoms with E-state index in [0.29, 0.717) is 17.1 Å². The highest BCUT2D eigenvalue weighted by molar-refractivity contribution is 7.94. The molecule has 130 valence electrons. The Hall–Kier alpha value is -1.59. The molecule has 1 saturated carbocycles. The summed E-state index contributed by atoms with van der Waals surface area (Å²) in [6, 6.07) is 4.46. The number of hydrogen-bond donors (Lipinski definition) is 0. The van der Waals surface area contributed by atoms with E-state index in [1.54, 1.807) is 6.07 Å². The fourth-order valence-electron chi connectivity index (χ4n) is 2.92. The van der Waals surface area contributed by atoms with Crippen LogP contribution in [0.1, 0.15) is 37.7 Å². The van der Waals surface area contributed by atoms with Crippen molar-refractivity contribution >= 4 is 33.0 Å². The van der Waals surface area contributed by atoms with Crippen LogP contribution in [0.3, 0.4) is 0 Å². The van der Waals surface area contributed by atoms with E-state index in [2.05, 4.69) is 6.58 Å². The van der Waals surface area contributed by atoms with Crippen molar-refractivity contribution in [3.05, 3.63) is 46.8 Å². The third-order valence-electron chi connectivity index (χ3n) is 4.23. The van der Waals surface area contributed by atoms with Crippen LogP contribution >= 0.6 is 11.6 Å². The van der Waals surface area contributed by atoms with E-state index < -0.39 is 15.8 Å². The lowest BCUT2D eigenvalue weighted by atomic mass is 9.87. The maximum Gasteiger partial charge on any atom is 0.338 e. The monoisotopic (exact) mass is 368 g/mol. The highest BCUT2D eigenvalue weighted by atomic mass is 35.5. The fraction of sp³-hybridized carbons (Fsp3) is 0.389. The predicted molar refractivity (Wildman–Crippen MR) is 95.4 cm³/mol. The second kappa shape index (κ2) is 7.99. The van der Waals surface area contributed by atoms with Gasteiger partial charge in [-0.2, -0.15) is 0 Å². The van der Waals surface area contributed by atoms with E-state index in [1.165, 1.54) is 25.7 Å². The number of methoxy groups -OCH3 is 1. The molecule has 1 aliphatic carbocycles. The Morgan fingerprint density at radius 1 is 1.29 bits per heavy atom. The first kappa shape index (κ1) is 18.7. The maximum atomic E-state index is 12.2. The molecule has 0 aliphatic heterocycles. The lowest BCUT2D eigenvalue weighted by Gasteiger charge is -2.19. The average molecular weight is 369 g/mol. The summed E-state index contributed by atoms with van der Waals surface area (Å²) < 4.78 is 28.7. The number of halogens is 1. The molecule has 0 saturated heterocycles. The molecule has 1 aliphatic rings. The number of ether oxygens (including phenoxy) is 1. The third-order valence-corrected chi connectivity index (χ3v) is 6.06. The van der Waals surface area contributed by atoms with Crippen molar-refractivity contribution in [1.82, 2.24) is 0 Å². The van der Waals surface area contributed by atoms with Gasteiger partial charge in [0.05, 0.1) is 22.6 Å². The van der Waals surface area contributed by atoms with Crippen molar-refractivity contribution in [3.63, 3.8) is 0 Å². The average Bonchev–Trinajstić information content (AvgIpc) is 2.59. The van der Waals surface area contributed by atoms with E-state index in [4.69, 9.17) is 16.3 Å². The standard InChI is InChI=1S/C18H21ClO4S/c1-3-24(21,22)17-10-9-14(12-16(17)19)15(18(20)23-2)11-13-7-5-4-6-8-13/h3,9-13H,1,4-8H2,2H3. The summed E-state index contributed by atoms with van der Waals surface area (Å²) in [5, 5.41) is 0.915. The van der Waals surface area contributed by atoms with Crippen LogP contribution in [-0.2, 0) is 19.4 Å². The Kier molecular flexibility index (Phi) is 6.24. The van der Waals surface area contributed by atoms with E-state index in [9.17, 15) is 13.2 Å². The van der Waals surface area contributed by atoms with Gasteiger partial charge in [0.2, 0.25) is 9.84 Å². The van der Waals surface area contributed by atoms with Gasteiger partial charge >= 0.3 is 5.97 Å². The second-order valence-electron chi connectivity index (χ2n) is 5.83. The Bertz CT molecular complexity index is 759. The molecule has 1 aromatic rings. The summed E-state index contributed by atoms with van der Waals surface area (Å²) in [5.74, 6) is -0.126. The Labute approximate surface area is 148 Å². The molecule has 0 heterocycles. The summed E-state index contributed by atoms with van der Waals surface area (Å²) in [5.41, 5.74) is 0.981. The topological polar surface area (TPSA) is 60.4 Å². The summed E-state index contributed by atoms with van der Waals surface area (Å²) in [4.78, 5) is 12.1. The summed E-state index contributed by atoms with van der Waals surface area (Å²) in [7, 11) is -2.30. The molecule has 0 unspecified atom stereocenters. The number of benzene rings is 1. The molecule has 0 amide bonds. The molecule has 0 atom stereocenters. The molecule has 0 N–H and O–H groups in total. The minimum Gasteiger partial charge on any atom is -0.465 e. The quantitative estimate of drug-likeness (QED) is 0.571. The SMILES string of the molecule is C=CS(=O)(=O)c1ccc(C(=CC2CCCCC2)C(=O)OC)cc1Cl. The van der Waals surface area contributed by atoms with Crippen LogP contribution in [0.4, 0.5) is 0 Å². The molecule has 6 heteroatoms. The number of rotatable bonds is 5. The zero-order chi connectivity index (χ0) is 17.7. The van der Waals surface area contributed by atoms with Crippen LogP contribution in [0.15, 0.2) is 41.2 Å². The van der Waals surface area contributed by atoms with Crippen molar-refractivity contribution < 1.29 is 17.9 Å². The summed E-state index contributed by atoms with van der Waals surface area (Å²) >= 11 is 6.12. The Balaban J connectivity index is 2.44. The molecule has 0 radical (unpaired) electrons. The van der Waals surface area contributed by atoms with Gasteiger partial charge in [0.15, 0.2) is 0 Å². The molecule has 4 nitrogen and oxygen atoms in total. The summed E-state index contributed by atoms with van der Waals surface area (Å²) in [6.45, 7) is 3.29. The molecular weight excluding hydrogens is 348 g/mol. The molecule has 2 rings (SSSR count). The normalized spacial score (nSPS) is 16.7. The number of carbonyl (C=O) groups excluding carboxylic acids is 1. The zero-order valence-electron chi connectivity index (χ0n) is 13.6. The first-order valence-electron chi connectivity index (χ1n) is 7.86. The largest absolute Gasteiger partial charge is 0.465 e. The molecule has 0 spiro atoms. The highest BCUT2D eigenvalue weighted by Gasteiger charge is 2.20. The van der Waals surface area contributed by atoms with Crippen molar-refractivity contribution in [2.45, 2.75) is 37.0 Å². The Morgan fingerprint density at radius 3 is 2.50 bits per heavy atom. The summed E-state index contributed by atoms with van der Waals surface area (Å²) in [6.07, 6.45) is 7.52. The molecule has 0 aromatic heterocycles. The minimum atomic E-state index is -3.63. The first-order valence-corrected chi connectivity index (χ1v) is 9.79. The van der Waals surface area contributed by atoms with Crippen molar-refractivity contribution in [3.8, 4) is 0 Å². The molecule has 0 bridgehead atoms.